The molecule has 1 fully saturated rings. The Bertz CT molecular complexity index is 654. The van der Waals surface area contributed by atoms with Crippen molar-refractivity contribution in [3.63, 3.8) is 0 Å². The summed E-state index contributed by atoms with van der Waals surface area (Å²) in [6.07, 6.45) is -4.80. The topological polar surface area (TPSA) is 61.4 Å². The van der Waals surface area contributed by atoms with Crippen LogP contribution < -0.4 is 10.0 Å². The molecular weight excluding hydrogens is 426 g/mol. The molecule has 0 aliphatic carbocycles. The second kappa shape index (κ2) is 10.1. The number of nitrogens with zero attached hydrogens (tertiary/aromatic N) is 1. The maximum Gasteiger partial charge on any atom is 0.417 e. The molecule has 1 aliphatic heterocycles. The molecule has 1 heterocycles. The van der Waals surface area contributed by atoms with Crippen LogP contribution >= 0.6 is 36.4 Å². The molecule has 1 aromatic carbocycles. The third-order valence-electron chi connectivity index (χ3n) is 3.47. The van der Waals surface area contributed by atoms with Crippen molar-refractivity contribution in [2.24, 2.45) is 0 Å². The van der Waals surface area contributed by atoms with Crippen LogP contribution in [0.5, 0.6) is 0 Å². The van der Waals surface area contributed by atoms with E-state index in [-0.39, 0.29) is 36.4 Å². The first-order valence-corrected chi connectivity index (χ1v) is 8.86. The second-order valence-electron chi connectivity index (χ2n) is 5.13. The van der Waals surface area contributed by atoms with E-state index >= 15 is 0 Å². The molecule has 146 valence electrons. The molecule has 5 nitrogen and oxygen atoms in total. The van der Waals surface area contributed by atoms with Crippen LogP contribution in [0.2, 0.25) is 5.02 Å². The molecule has 0 atom stereocenters. The number of sulfonamides is 1. The first-order valence-electron chi connectivity index (χ1n) is 6.99. The minimum absolute atomic E-state index is 0. The molecule has 0 spiro atoms. The lowest BCUT2D eigenvalue weighted by atomic mass is 10.2. The van der Waals surface area contributed by atoms with E-state index in [2.05, 4.69) is 10.0 Å². The highest BCUT2D eigenvalue weighted by atomic mass is 35.5. The number of nitrogens with one attached hydrogen (secondary N) is 2. The number of rotatable bonds is 5. The van der Waals surface area contributed by atoms with Crippen LogP contribution in [0.4, 0.5) is 13.2 Å². The van der Waals surface area contributed by atoms with E-state index in [9.17, 15) is 21.6 Å². The van der Waals surface area contributed by atoms with Gasteiger partial charge in [0.15, 0.2) is 0 Å². The fraction of sp³-hybridized carbons (Fsp3) is 0.538. The van der Waals surface area contributed by atoms with Gasteiger partial charge in [-0.05, 0) is 18.2 Å². The highest BCUT2D eigenvalue weighted by Crippen LogP contribution is 2.35. The summed E-state index contributed by atoms with van der Waals surface area (Å²) in [4.78, 5) is 1.22. The van der Waals surface area contributed by atoms with Gasteiger partial charge >= 0.3 is 6.18 Å². The summed E-state index contributed by atoms with van der Waals surface area (Å²) in [5, 5.41) is 2.99. The Balaban J connectivity index is 0.00000288. The molecule has 0 radical (unpaired) electrons. The Kier molecular flexibility index (Phi) is 10.0. The monoisotopic (exact) mass is 443 g/mol. The summed E-state index contributed by atoms with van der Waals surface area (Å²) in [6, 6.07) is 2.62. The molecule has 0 aromatic heterocycles. The molecular formula is C13H19Cl3F3N3O2S. The van der Waals surface area contributed by atoms with E-state index in [1.165, 1.54) is 0 Å². The minimum atomic E-state index is -4.80. The first kappa shape index (κ1) is 24.7. The molecule has 12 heteroatoms. The van der Waals surface area contributed by atoms with Crippen molar-refractivity contribution >= 4 is 46.4 Å². The lowest BCUT2D eigenvalue weighted by molar-refractivity contribution is -0.139. The van der Waals surface area contributed by atoms with Crippen molar-refractivity contribution in [1.82, 2.24) is 14.9 Å². The maximum absolute atomic E-state index is 13.0. The molecule has 25 heavy (non-hydrogen) atoms. The third kappa shape index (κ3) is 7.09. The Morgan fingerprint density at radius 3 is 2.36 bits per heavy atom. The third-order valence-corrected chi connectivity index (χ3v) is 5.22. The van der Waals surface area contributed by atoms with Gasteiger partial charge in [-0.15, -0.1) is 24.8 Å². The molecule has 1 aromatic rings. The largest absolute Gasteiger partial charge is 0.417 e. The van der Waals surface area contributed by atoms with E-state index in [0.717, 1.165) is 38.3 Å². The first-order chi connectivity index (χ1) is 10.7. The fourth-order valence-electron chi connectivity index (χ4n) is 2.31. The number of alkyl halides is 3. The predicted molar refractivity (Wildman–Crippen MR) is 95.4 cm³/mol. The van der Waals surface area contributed by atoms with Crippen molar-refractivity contribution in [2.75, 3.05) is 39.3 Å². The average molecular weight is 445 g/mol. The van der Waals surface area contributed by atoms with Crippen molar-refractivity contribution in [3.05, 3.63) is 28.8 Å². The van der Waals surface area contributed by atoms with Crippen LogP contribution in [0.1, 0.15) is 5.56 Å². The van der Waals surface area contributed by atoms with Crippen LogP contribution in [0.15, 0.2) is 23.1 Å². The lowest BCUT2D eigenvalue weighted by Gasteiger charge is -2.27. The van der Waals surface area contributed by atoms with Crippen molar-refractivity contribution < 1.29 is 21.6 Å². The maximum atomic E-state index is 13.0. The zero-order valence-corrected chi connectivity index (χ0v) is 16.2. The van der Waals surface area contributed by atoms with Crippen LogP contribution in [-0.2, 0) is 16.2 Å². The summed E-state index contributed by atoms with van der Waals surface area (Å²) >= 11 is 5.55. The summed E-state index contributed by atoms with van der Waals surface area (Å²) in [7, 11) is -4.26. The number of halogens is 6. The van der Waals surface area contributed by atoms with Gasteiger partial charge in [-0.2, -0.15) is 13.2 Å². The SMILES string of the molecule is Cl.Cl.O=S(=O)(NCCN1CCNCC1)c1ccc(Cl)cc1C(F)(F)F. The number of benzene rings is 1. The summed E-state index contributed by atoms with van der Waals surface area (Å²) in [6.45, 7) is 3.65. The zero-order chi connectivity index (χ0) is 17.1. The fourth-order valence-corrected chi connectivity index (χ4v) is 3.71. The van der Waals surface area contributed by atoms with E-state index < -0.39 is 26.7 Å². The van der Waals surface area contributed by atoms with Crippen LogP contribution in [0, 0.1) is 0 Å². The Labute approximate surface area is 162 Å². The molecule has 0 amide bonds. The summed E-state index contributed by atoms with van der Waals surface area (Å²) in [5.41, 5.74) is -1.26. The van der Waals surface area contributed by atoms with Gasteiger partial charge in [0.2, 0.25) is 10.0 Å². The standard InChI is InChI=1S/C13H17ClF3N3O2S.2ClH/c14-10-1-2-12(11(9-10)13(15,16)17)23(21,22)19-5-8-20-6-3-18-4-7-20;;/h1-2,9,18-19H,3-8H2;2*1H. The van der Waals surface area contributed by atoms with Crippen molar-refractivity contribution in [3.8, 4) is 0 Å². The number of hydrogen-bond donors (Lipinski definition) is 2. The van der Waals surface area contributed by atoms with Gasteiger partial charge in [0.1, 0.15) is 0 Å². The quantitative estimate of drug-likeness (QED) is 0.732. The Morgan fingerprint density at radius 1 is 1.20 bits per heavy atom. The Morgan fingerprint density at radius 2 is 1.80 bits per heavy atom. The van der Waals surface area contributed by atoms with Gasteiger partial charge in [0.05, 0.1) is 10.5 Å². The van der Waals surface area contributed by atoms with Gasteiger partial charge < -0.3 is 5.32 Å². The van der Waals surface area contributed by atoms with Crippen molar-refractivity contribution in [2.45, 2.75) is 11.1 Å². The average Bonchev–Trinajstić information content (AvgIpc) is 2.47. The van der Waals surface area contributed by atoms with E-state index in [4.69, 9.17) is 11.6 Å². The zero-order valence-electron chi connectivity index (χ0n) is 13.0. The summed E-state index contributed by atoms with van der Waals surface area (Å²) in [5.74, 6) is 0. The van der Waals surface area contributed by atoms with Crippen molar-refractivity contribution in [1.29, 1.82) is 0 Å². The smallest absolute Gasteiger partial charge is 0.314 e. The highest BCUT2D eigenvalue weighted by molar-refractivity contribution is 7.89. The van der Waals surface area contributed by atoms with Gasteiger partial charge in [0.25, 0.3) is 0 Å². The molecule has 0 unspecified atom stereocenters. The second-order valence-corrected chi connectivity index (χ2v) is 7.30. The molecule has 1 saturated heterocycles. The van der Waals surface area contributed by atoms with E-state index in [1.54, 1.807) is 0 Å². The lowest BCUT2D eigenvalue weighted by Crippen LogP contribution is -2.46. The van der Waals surface area contributed by atoms with Gasteiger partial charge in [0, 0.05) is 44.3 Å². The number of hydrogen-bond acceptors (Lipinski definition) is 4. The molecule has 0 saturated carbocycles. The van der Waals surface area contributed by atoms with Gasteiger partial charge in [-0.3, -0.25) is 4.90 Å². The number of piperazine rings is 1. The van der Waals surface area contributed by atoms with Gasteiger partial charge in [-0.25, -0.2) is 13.1 Å². The minimum Gasteiger partial charge on any atom is -0.314 e. The predicted octanol–water partition coefficient (Wildman–Crippen LogP) is 2.39. The highest BCUT2D eigenvalue weighted by Gasteiger charge is 2.37. The molecule has 2 rings (SSSR count). The molecule has 1 aliphatic rings. The van der Waals surface area contributed by atoms with E-state index in [1.807, 2.05) is 4.90 Å². The normalized spacial score (nSPS) is 16.0. The Hall–Kier alpha value is -0.290. The molecule has 0 bridgehead atoms. The van der Waals surface area contributed by atoms with Crippen LogP contribution in [0.3, 0.4) is 0 Å². The summed E-state index contributed by atoms with van der Waals surface area (Å²) < 4.78 is 65.6. The van der Waals surface area contributed by atoms with Crippen LogP contribution in [0.25, 0.3) is 0 Å². The van der Waals surface area contributed by atoms with E-state index in [0.29, 0.717) is 12.6 Å². The van der Waals surface area contributed by atoms with Crippen LogP contribution in [-0.4, -0.2) is 52.6 Å². The molecule has 2 N–H and O–H groups in total. The van der Waals surface area contributed by atoms with Gasteiger partial charge in [-0.1, -0.05) is 11.6 Å².